The molecule has 2 saturated heterocycles. The number of rotatable bonds is 6. The van der Waals surface area contributed by atoms with Gasteiger partial charge in [-0.25, -0.2) is 9.96 Å². The average molecular weight is 497 g/mol. The van der Waals surface area contributed by atoms with Crippen molar-refractivity contribution in [3.05, 3.63) is 88.4 Å². The van der Waals surface area contributed by atoms with Crippen molar-refractivity contribution in [1.82, 2.24) is 0 Å². The van der Waals surface area contributed by atoms with Crippen molar-refractivity contribution in [2.45, 2.75) is 25.5 Å². The van der Waals surface area contributed by atoms with Gasteiger partial charge in [-0.2, -0.15) is 0 Å². The van der Waals surface area contributed by atoms with E-state index in [1.165, 1.54) is 4.90 Å². The predicted molar refractivity (Wildman–Crippen MR) is 131 cm³/mol. The molecular weight excluding hydrogens is 475 g/mol. The molecular formula is C26H22Cl2N2O4. The van der Waals surface area contributed by atoms with E-state index in [1.807, 2.05) is 37.3 Å². The van der Waals surface area contributed by atoms with Crippen LogP contribution in [0.15, 0.2) is 72.8 Å². The number of hydroxylamine groups is 1. The molecule has 3 atom stereocenters. The topological polar surface area (TPSA) is 59.1 Å². The molecule has 34 heavy (non-hydrogen) atoms. The van der Waals surface area contributed by atoms with Gasteiger partial charge in [-0.05, 0) is 60.5 Å². The maximum atomic E-state index is 13.7. The van der Waals surface area contributed by atoms with Crippen LogP contribution in [0.2, 0.25) is 10.0 Å². The number of para-hydroxylation sites is 1. The molecule has 2 aliphatic rings. The Labute approximate surface area is 207 Å². The molecule has 3 aromatic carbocycles. The van der Waals surface area contributed by atoms with Crippen LogP contribution in [-0.2, 0) is 14.4 Å². The lowest BCUT2D eigenvalue weighted by atomic mass is 9.90. The molecule has 0 aromatic heterocycles. The lowest BCUT2D eigenvalue weighted by molar-refractivity contribution is -0.126. The number of imide groups is 1. The molecule has 8 heteroatoms. The first-order chi connectivity index (χ1) is 16.5. The third-order valence-corrected chi connectivity index (χ3v) is 6.54. The summed E-state index contributed by atoms with van der Waals surface area (Å²) < 4.78 is 5.62. The first kappa shape index (κ1) is 22.7. The number of hydrogen-bond acceptors (Lipinski definition) is 5. The summed E-state index contributed by atoms with van der Waals surface area (Å²) in [5, 5.41) is 2.49. The van der Waals surface area contributed by atoms with Gasteiger partial charge in [-0.3, -0.25) is 14.4 Å². The summed E-state index contributed by atoms with van der Waals surface area (Å²) in [5.41, 5.74) is 1.86. The molecule has 2 fully saturated rings. The third kappa shape index (κ3) is 3.92. The summed E-state index contributed by atoms with van der Waals surface area (Å²) in [5.74, 6) is -0.845. The van der Waals surface area contributed by atoms with E-state index in [0.717, 1.165) is 12.1 Å². The molecule has 0 radical (unpaired) electrons. The number of halogens is 2. The van der Waals surface area contributed by atoms with Crippen LogP contribution in [0.25, 0.3) is 0 Å². The Bertz CT molecular complexity index is 1220. The zero-order valence-corrected chi connectivity index (χ0v) is 19.9. The maximum absolute atomic E-state index is 13.7. The van der Waals surface area contributed by atoms with Crippen LogP contribution in [-0.4, -0.2) is 24.5 Å². The number of nitrogens with zero attached hydrogens (tertiary/aromatic N) is 2. The minimum absolute atomic E-state index is 0.341. The number of carbonyl (C=O) groups excluding carboxylic acids is 2. The first-order valence-electron chi connectivity index (χ1n) is 11.1. The minimum atomic E-state index is -0.972. The summed E-state index contributed by atoms with van der Waals surface area (Å²) in [6, 6.07) is 20.8. The van der Waals surface area contributed by atoms with Crippen LogP contribution in [0.3, 0.4) is 0 Å². The number of hydrogen-bond donors (Lipinski definition) is 0. The van der Waals surface area contributed by atoms with Crippen LogP contribution >= 0.6 is 23.2 Å². The van der Waals surface area contributed by atoms with E-state index in [2.05, 4.69) is 0 Å². The lowest BCUT2D eigenvalue weighted by Crippen LogP contribution is -2.37. The molecule has 3 aromatic rings. The van der Waals surface area contributed by atoms with Crippen molar-refractivity contribution in [3.8, 4) is 5.75 Å². The number of fused-ring (bicyclic) bond motifs is 1. The second kappa shape index (κ2) is 9.29. The summed E-state index contributed by atoms with van der Waals surface area (Å²) in [4.78, 5) is 34.4. The number of amides is 2. The Morgan fingerprint density at radius 2 is 1.65 bits per heavy atom. The highest BCUT2D eigenvalue weighted by Crippen LogP contribution is 2.49. The monoisotopic (exact) mass is 496 g/mol. The normalized spacial score (nSPS) is 21.8. The van der Waals surface area contributed by atoms with Crippen LogP contribution in [0, 0.1) is 5.92 Å². The van der Waals surface area contributed by atoms with Gasteiger partial charge in [-0.15, -0.1) is 0 Å². The van der Waals surface area contributed by atoms with Crippen LogP contribution in [0.1, 0.15) is 24.9 Å². The Morgan fingerprint density at radius 1 is 0.912 bits per heavy atom. The molecule has 2 aliphatic heterocycles. The van der Waals surface area contributed by atoms with Gasteiger partial charge < -0.3 is 4.74 Å². The van der Waals surface area contributed by atoms with Crippen molar-refractivity contribution in [1.29, 1.82) is 0 Å². The highest BCUT2D eigenvalue weighted by atomic mass is 35.5. The fourth-order valence-electron chi connectivity index (χ4n) is 4.44. The molecule has 0 spiro atoms. The minimum Gasteiger partial charge on any atom is -0.494 e. The number of benzene rings is 3. The highest BCUT2D eigenvalue weighted by molar-refractivity contribution is 6.35. The quantitative estimate of drug-likeness (QED) is 0.401. The summed E-state index contributed by atoms with van der Waals surface area (Å²) in [6.45, 7) is 2.62. The smallest absolute Gasteiger partial charge is 0.266 e. The molecule has 2 amide bonds. The van der Waals surface area contributed by atoms with Crippen LogP contribution in [0.4, 0.5) is 11.4 Å². The molecule has 5 rings (SSSR count). The van der Waals surface area contributed by atoms with E-state index >= 15 is 0 Å². The van der Waals surface area contributed by atoms with Crippen molar-refractivity contribution in [3.63, 3.8) is 0 Å². The van der Waals surface area contributed by atoms with E-state index in [1.54, 1.807) is 47.5 Å². The van der Waals surface area contributed by atoms with Gasteiger partial charge in [0.2, 0.25) is 5.91 Å². The molecule has 0 aliphatic carbocycles. The van der Waals surface area contributed by atoms with Gasteiger partial charge in [0, 0.05) is 10.0 Å². The molecule has 174 valence electrons. The van der Waals surface area contributed by atoms with Crippen molar-refractivity contribution in [2.75, 3.05) is 16.6 Å². The van der Waals surface area contributed by atoms with Gasteiger partial charge in [0.25, 0.3) is 5.91 Å². The average Bonchev–Trinajstić information content (AvgIpc) is 3.35. The first-order valence-corrected chi connectivity index (χ1v) is 11.8. The van der Waals surface area contributed by atoms with E-state index in [-0.39, 0.29) is 5.91 Å². The Balaban J connectivity index is 1.52. The number of anilines is 2. The highest BCUT2D eigenvalue weighted by Gasteiger charge is 2.60. The number of carbonyl (C=O) groups is 2. The van der Waals surface area contributed by atoms with Crippen molar-refractivity contribution < 1.29 is 19.2 Å². The van der Waals surface area contributed by atoms with Gasteiger partial charge in [-0.1, -0.05) is 54.4 Å². The second-order valence-corrected chi connectivity index (χ2v) is 9.02. The molecule has 0 unspecified atom stereocenters. The zero-order valence-electron chi connectivity index (χ0n) is 18.4. The second-order valence-electron chi connectivity index (χ2n) is 8.18. The lowest BCUT2D eigenvalue weighted by Gasteiger charge is -2.29. The molecule has 0 N–H and O–H groups in total. The summed E-state index contributed by atoms with van der Waals surface area (Å²) in [6.07, 6.45) is -0.0848. The van der Waals surface area contributed by atoms with E-state index in [0.29, 0.717) is 33.7 Å². The van der Waals surface area contributed by atoms with Gasteiger partial charge in [0.05, 0.1) is 24.0 Å². The Hall–Kier alpha value is -3.06. The largest absolute Gasteiger partial charge is 0.494 e. The van der Waals surface area contributed by atoms with E-state index in [4.69, 9.17) is 32.8 Å². The molecule has 0 saturated carbocycles. The zero-order chi connectivity index (χ0) is 23.8. The van der Waals surface area contributed by atoms with Gasteiger partial charge in [0.1, 0.15) is 11.7 Å². The van der Waals surface area contributed by atoms with Gasteiger partial charge in [0.15, 0.2) is 6.10 Å². The third-order valence-electron chi connectivity index (χ3n) is 5.98. The van der Waals surface area contributed by atoms with Crippen molar-refractivity contribution >= 4 is 46.4 Å². The fraction of sp³-hybridized carbons (Fsp3) is 0.231. The van der Waals surface area contributed by atoms with Crippen LogP contribution < -0.4 is 14.7 Å². The predicted octanol–water partition coefficient (Wildman–Crippen LogP) is 5.83. The fourth-order valence-corrected chi connectivity index (χ4v) is 4.96. The Kier molecular flexibility index (Phi) is 6.21. The SMILES string of the molecule is CCCOc1ccc(N2C(=O)[C@H]3[C@@H](ON(c4ccccc4)[C@H]3c3ccc(Cl)cc3Cl)C2=O)cc1. The van der Waals surface area contributed by atoms with E-state index < -0.39 is 24.0 Å². The molecule has 6 nitrogen and oxygen atoms in total. The Morgan fingerprint density at radius 3 is 2.32 bits per heavy atom. The van der Waals surface area contributed by atoms with Crippen LogP contribution in [0.5, 0.6) is 5.75 Å². The standard InChI is InChI=1S/C26H22Cl2N2O4/c1-2-14-33-19-11-9-17(10-12-19)29-25(31)22-23(20-13-8-16(27)15-21(20)28)30(34-24(22)26(29)32)18-6-4-3-5-7-18/h3-13,15,22-24H,2,14H2,1H3/t22-,23+,24-/m1/s1. The summed E-state index contributed by atoms with van der Waals surface area (Å²) >= 11 is 12.7. The number of ether oxygens (including phenoxy) is 1. The van der Waals surface area contributed by atoms with Gasteiger partial charge >= 0.3 is 0 Å². The molecule has 2 heterocycles. The molecule has 0 bridgehead atoms. The van der Waals surface area contributed by atoms with E-state index in [9.17, 15) is 9.59 Å². The van der Waals surface area contributed by atoms with Crippen molar-refractivity contribution in [2.24, 2.45) is 5.92 Å². The maximum Gasteiger partial charge on any atom is 0.266 e. The summed E-state index contributed by atoms with van der Waals surface area (Å²) in [7, 11) is 0.